The Hall–Kier alpha value is -2.48. The first-order valence-corrected chi connectivity index (χ1v) is 13.9. The van der Waals surface area contributed by atoms with E-state index in [1.807, 2.05) is 36.4 Å². The van der Waals surface area contributed by atoms with Gasteiger partial charge in [-0.3, -0.25) is 9.10 Å². The molecule has 34 heavy (non-hydrogen) atoms. The molecule has 3 aromatic rings. The Kier molecular flexibility index (Phi) is 9.45. The number of carbonyl (C=O) groups excluding carboxylic acids is 1. The molecule has 0 aliphatic rings. The fourth-order valence-electron chi connectivity index (χ4n) is 3.27. The largest absolute Gasteiger partial charge is 0.354 e. The Bertz CT molecular complexity index is 1170. The van der Waals surface area contributed by atoms with Gasteiger partial charge in [-0.1, -0.05) is 55.8 Å². The van der Waals surface area contributed by atoms with Crippen LogP contribution in [-0.2, 0) is 14.8 Å². The van der Waals surface area contributed by atoms with Gasteiger partial charge in [-0.15, -0.1) is 11.8 Å². The number of nitrogens with one attached hydrogen (secondary N) is 1. The van der Waals surface area contributed by atoms with E-state index in [2.05, 4.69) is 19.2 Å². The van der Waals surface area contributed by atoms with Gasteiger partial charge in [0.15, 0.2) is 0 Å². The van der Waals surface area contributed by atoms with Crippen LogP contribution in [0, 0.1) is 0 Å². The van der Waals surface area contributed by atoms with Crippen LogP contribution in [0.15, 0.2) is 88.7 Å². The van der Waals surface area contributed by atoms with E-state index in [-0.39, 0.29) is 17.3 Å². The second-order valence-electron chi connectivity index (χ2n) is 8.08. The van der Waals surface area contributed by atoms with Crippen LogP contribution >= 0.6 is 23.4 Å². The Morgan fingerprint density at radius 2 is 1.62 bits per heavy atom. The average molecular weight is 517 g/mol. The van der Waals surface area contributed by atoms with Crippen LogP contribution in [0.1, 0.15) is 31.7 Å². The topological polar surface area (TPSA) is 66.5 Å². The smallest absolute Gasteiger partial charge is 0.264 e. The standard InChI is InChI=1S/C26H29ClN2O3S2/c1-20(2)21-9-13-23(14-10-21)29(34(31,32)25-7-4-3-5-8-25)19-26(30)28-17-6-18-33-24-15-11-22(27)12-16-24/h3-5,7-16,20H,6,17-19H2,1-2H3,(H,28,30). The highest BCUT2D eigenvalue weighted by Gasteiger charge is 2.27. The highest BCUT2D eigenvalue weighted by Crippen LogP contribution is 2.26. The van der Waals surface area contributed by atoms with Crippen LogP contribution in [-0.4, -0.2) is 33.2 Å². The molecule has 5 nitrogen and oxygen atoms in total. The van der Waals surface area contributed by atoms with E-state index < -0.39 is 10.0 Å². The minimum atomic E-state index is -3.90. The van der Waals surface area contributed by atoms with Crippen molar-refractivity contribution in [3.05, 3.63) is 89.4 Å². The third-order valence-corrected chi connectivity index (χ3v) is 8.33. The number of nitrogens with zero attached hydrogens (tertiary/aromatic N) is 1. The Morgan fingerprint density at radius 1 is 0.971 bits per heavy atom. The third kappa shape index (κ3) is 7.26. The molecule has 0 saturated carbocycles. The van der Waals surface area contributed by atoms with Crippen LogP contribution < -0.4 is 9.62 Å². The summed E-state index contributed by atoms with van der Waals surface area (Å²) in [4.78, 5) is 14.0. The first-order valence-electron chi connectivity index (χ1n) is 11.1. The second-order valence-corrected chi connectivity index (χ2v) is 11.5. The van der Waals surface area contributed by atoms with E-state index in [1.165, 1.54) is 16.4 Å². The van der Waals surface area contributed by atoms with Crippen LogP contribution in [0.4, 0.5) is 5.69 Å². The number of rotatable bonds is 11. The summed E-state index contributed by atoms with van der Waals surface area (Å²) in [7, 11) is -3.90. The summed E-state index contributed by atoms with van der Waals surface area (Å²) in [6.07, 6.45) is 0.757. The van der Waals surface area contributed by atoms with Gasteiger partial charge in [0.1, 0.15) is 6.54 Å². The fourth-order valence-corrected chi connectivity index (χ4v) is 5.69. The molecule has 8 heteroatoms. The van der Waals surface area contributed by atoms with E-state index in [4.69, 9.17) is 11.6 Å². The number of anilines is 1. The Morgan fingerprint density at radius 3 is 2.24 bits per heavy atom. The number of carbonyl (C=O) groups is 1. The highest BCUT2D eigenvalue weighted by molar-refractivity contribution is 7.99. The summed E-state index contributed by atoms with van der Waals surface area (Å²) in [6, 6.07) is 23.1. The zero-order valence-corrected chi connectivity index (χ0v) is 21.7. The maximum atomic E-state index is 13.4. The number of thioether (sulfide) groups is 1. The van der Waals surface area contributed by atoms with Gasteiger partial charge in [-0.05, 0) is 72.2 Å². The monoisotopic (exact) mass is 516 g/mol. The van der Waals surface area contributed by atoms with Crippen LogP contribution in [0.2, 0.25) is 5.02 Å². The summed E-state index contributed by atoms with van der Waals surface area (Å²) in [5.41, 5.74) is 1.56. The number of halogens is 1. The van der Waals surface area contributed by atoms with Crippen LogP contribution in [0.25, 0.3) is 0 Å². The van der Waals surface area contributed by atoms with E-state index in [1.54, 1.807) is 42.1 Å². The van der Waals surface area contributed by atoms with Crippen molar-refractivity contribution in [1.29, 1.82) is 0 Å². The summed E-state index contributed by atoms with van der Waals surface area (Å²) in [5.74, 6) is 0.802. The maximum Gasteiger partial charge on any atom is 0.264 e. The Balaban J connectivity index is 1.65. The maximum absolute atomic E-state index is 13.4. The molecule has 0 bridgehead atoms. The molecule has 3 aromatic carbocycles. The second kappa shape index (κ2) is 12.3. The molecular weight excluding hydrogens is 488 g/mol. The molecular formula is C26H29ClN2O3S2. The van der Waals surface area contributed by atoms with E-state index in [9.17, 15) is 13.2 Å². The highest BCUT2D eigenvalue weighted by atomic mass is 35.5. The molecule has 0 heterocycles. The predicted molar refractivity (Wildman–Crippen MR) is 141 cm³/mol. The van der Waals surface area contributed by atoms with Gasteiger partial charge in [0.25, 0.3) is 10.0 Å². The van der Waals surface area contributed by atoms with Gasteiger partial charge < -0.3 is 5.32 Å². The number of hydrogen-bond donors (Lipinski definition) is 1. The minimum absolute atomic E-state index is 0.148. The quantitative estimate of drug-likeness (QED) is 0.252. The number of benzene rings is 3. The molecule has 0 atom stereocenters. The molecule has 0 aliphatic carbocycles. The molecule has 180 valence electrons. The van der Waals surface area contributed by atoms with Gasteiger partial charge in [0.2, 0.25) is 5.91 Å². The van der Waals surface area contributed by atoms with E-state index >= 15 is 0 Å². The molecule has 3 rings (SSSR count). The van der Waals surface area contributed by atoms with Crippen molar-refractivity contribution < 1.29 is 13.2 Å². The van der Waals surface area contributed by atoms with Gasteiger partial charge >= 0.3 is 0 Å². The van der Waals surface area contributed by atoms with Gasteiger partial charge in [0, 0.05) is 16.5 Å². The zero-order chi connectivity index (χ0) is 24.6. The lowest BCUT2D eigenvalue weighted by Crippen LogP contribution is -2.41. The van der Waals surface area contributed by atoms with Gasteiger partial charge in [-0.2, -0.15) is 0 Å². The summed E-state index contributed by atoms with van der Waals surface area (Å²) in [6.45, 7) is 4.33. The third-order valence-electron chi connectivity index (χ3n) is 5.19. The fraction of sp³-hybridized carbons (Fsp3) is 0.269. The molecule has 0 fully saturated rings. The molecule has 1 N–H and O–H groups in total. The van der Waals surface area contributed by atoms with Crippen molar-refractivity contribution in [2.75, 3.05) is 23.1 Å². The molecule has 0 aliphatic heterocycles. The van der Waals surface area contributed by atoms with Gasteiger partial charge in [0.05, 0.1) is 10.6 Å². The zero-order valence-electron chi connectivity index (χ0n) is 19.3. The van der Waals surface area contributed by atoms with Gasteiger partial charge in [-0.25, -0.2) is 8.42 Å². The molecule has 0 saturated heterocycles. The van der Waals surface area contributed by atoms with Crippen molar-refractivity contribution in [2.24, 2.45) is 0 Å². The lowest BCUT2D eigenvalue weighted by atomic mass is 10.0. The molecule has 1 amide bonds. The molecule has 0 spiro atoms. The van der Waals surface area contributed by atoms with Crippen molar-refractivity contribution in [3.63, 3.8) is 0 Å². The average Bonchev–Trinajstić information content (AvgIpc) is 2.84. The van der Waals surface area contributed by atoms with Crippen molar-refractivity contribution in [1.82, 2.24) is 5.32 Å². The van der Waals surface area contributed by atoms with Crippen molar-refractivity contribution in [3.8, 4) is 0 Å². The normalized spacial score (nSPS) is 11.4. The number of sulfonamides is 1. The van der Waals surface area contributed by atoms with Crippen LogP contribution in [0.5, 0.6) is 0 Å². The predicted octanol–water partition coefficient (Wildman–Crippen LogP) is 5.96. The first kappa shape index (κ1) is 26.1. The van der Waals surface area contributed by atoms with Crippen molar-refractivity contribution >= 4 is 45.0 Å². The molecule has 0 radical (unpaired) electrons. The van der Waals surface area contributed by atoms with Crippen LogP contribution in [0.3, 0.4) is 0 Å². The van der Waals surface area contributed by atoms with Crippen molar-refractivity contribution in [2.45, 2.75) is 36.0 Å². The lowest BCUT2D eigenvalue weighted by Gasteiger charge is -2.24. The van der Waals surface area contributed by atoms with E-state index in [0.29, 0.717) is 23.2 Å². The number of amides is 1. The number of hydrogen-bond acceptors (Lipinski definition) is 4. The summed E-state index contributed by atoms with van der Waals surface area (Å²) in [5, 5.41) is 3.55. The van der Waals surface area contributed by atoms with E-state index in [0.717, 1.165) is 22.6 Å². The lowest BCUT2D eigenvalue weighted by molar-refractivity contribution is -0.119. The molecule has 0 aromatic heterocycles. The molecule has 0 unspecified atom stereocenters. The SMILES string of the molecule is CC(C)c1ccc(N(CC(=O)NCCCSc2ccc(Cl)cc2)S(=O)(=O)c2ccccc2)cc1. The summed E-state index contributed by atoms with van der Waals surface area (Å²) < 4.78 is 27.9. The minimum Gasteiger partial charge on any atom is -0.354 e. The summed E-state index contributed by atoms with van der Waals surface area (Å²) >= 11 is 7.59. The Labute approximate surface area is 211 Å². The first-order chi connectivity index (χ1) is 16.3.